The summed E-state index contributed by atoms with van der Waals surface area (Å²) in [5.41, 5.74) is 1.69. The van der Waals surface area contributed by atoms with Gasteiger partial charge in [-0.1, -0.05) is 11.6 Å². The van der Waals surface area contributed by atoms with Crippen LogP contribution in [0.15, 0.2) is 52.9 Å². The van der Waals surface area contributed by atoms with E-state index in [1.165, 1.54) is 6.07 Å². The molecule has 9 nitrogen and oxygen atoms in total. The Morgan fingerprint density at radius 3 is 2.59 bits per heavy atom. The second-order valence-electron chi connectivity index (χ2n) is 7.68. The topological polar surface area (TPSA) is 121 Å². The Hall–Kier alpha value is -3.47. The minimum Gasteiger partial charge on any atom is -0.459 e. The zero-order chi connectivity index (χ0) is 24.2. The molecule has 34 heavy (non-hydrogen) atoms. The van der Waals surface area contributed by atoms with Crippen molar-refractivity contribution in [1.29, 1.82) is 0 Å². The Bertz CT molecular complexity index is 1260. The maximum Gasteiger partial charge on any atom is 0.293 e. The van der Waals surface area contributed by atoms with Crippen LogP contribution in [0.3, 0.4) is 0 Å². The molecule has 3 aromatic rings. The molecule has 11 heteroatoms. The quantitative estimate of drug-likeness (QED) is 0.252. The highest BCUT2D eigenvalue weighted by molar-refractivity contribution is 7.80. The molecular weight excluding hydrogens is 480 g/mol. The van der Waals surface area contributed by atoms with Gasteiger partial charge in [0.1, 0.15) is 23.8 Å². The van der Waals surface area contributed by atoms with Crippen molar-refractivity contribution >= 4 is 51.9 Å². The number of carbonyl (C=O) groups is 1. The highest BCUT2D eigenvalue weighted by Gasteiger charge is 2.24. The fourth-order valence-corrected chi connectivity index (χ4v) is 4.26. The number of nitrogens with zero attached hydrogens (tertiary/aromatic N) is 2. The molecule has 1 aliphatic rings. The van der Waals surface area contributed by atoms with Crippen LogP contribution in [0.25, 0.3) is 11.3 Å². The van der Waals surface area contributed by atoms with Crippen LogP contribution in [0, 0.1) is 10.1 Å². The van der Waals surface area contributed by atoms with Crippen molar-refractivity contribution < 1.29 is 19.2 Å². The number of thiocarbonyl (C=S) groups is 1. The number of aliphatic hydroxyl groups is 1. The number of hydrogen-bond donors (Lipinski definition) is 3. The lowest BCUT2D eigenvalue weighted by molar-refractivity contribution is -0.384. The third-order valence-corrected chi connectivity index (χ3v) is 5.93. The van der Waals surface area contributed by atoms with E-state index in [2.05, 4.69) is 10.6 Å². The second kappa shape index (κ2) is 10.2. The predicted molar refractivity (Wildman–Crippen MR) is 133 cm³/mol. The molecule has 0 aliphatic carbocycles. The summed E-state index contributed by atoms with van der Waals surface area (Å²) in [4.78, 5) is 25.7. The van der Waals surface area contributed by atoms with Crippen molar-refractivity contribution in [2.75, 3.05) is 23.3 Å². The van der Waals surface area contributed by atoms with Crippen LogP contribution in [-0.4, -0.2) is 34.1 Å². The Morgan fingerprint density at radius 1 is 1.18 bits per heavy atom. The summed E-state index contributed by atoms with van der Waals surface area (Å²) in [5.74, 6) is 0.365. The maximum atomic E-state index is 12.7. The van der Waals surface area contributed by atoms with Crippen LogP contribution < -0.4 is 15.5 Å². The number of amides is 1. The third-order valence-electron chi connectivity index (χ3n) is 5.42. The predicted octanol–water partition coefficient (Wildman–Crippen LogP) is 4.73. The van der Waals surface area contributed by atoms with Gasteiger partial charge in [0.15, 0.2) is 5.11 Å². The van der Waals surface area contributed by atoms with E-state index in [0.29, 0.717) is 33.5 Å². The van der Waals surface area contributed by atoms with Crippen molar-refractivity contribution in [3.63, 3.8) is 0 Å². The van der Waals surface area contributed by atoms with E-state index >= 15 is 0 Å². The van der Waals surface area contributed by atoms with Crippen molar-refractivity contribution in [1.82, 2.24) is 5.32 Å². The minimum absolute atomic E-state index is 0.0145. The summed E-state index contributed by atoms with van der Waals surface area (Å²) >= 11 is 11.6. The average molecular weight is 501 g/mol. The summed E-state index contributed by atoms with van der Waals surface area (Å²) in [6, 6.07) is 12.8. The average Bonchev–Trinajstić information content (AvgIpc) is 3.51. The molecule has 1 amide bonds. The van der Waals surface area contributed by atoms with Crippen molar-refractivity contribution in [3.05, 3.63) is 75.0 Å². The molecule has 0 bridgehead atoms. The Balaban J connectivity index is 1.43. The fourth-order valence-electron chi connectivity index (χ4n) is 3.77. The summed E-state index contributed by atoms with van der Waals surface area (Å²) in [6.07, 6.45) is 1.96. The largest absolute Gasteiger partial charge is 0.459 e. The first-order valence-corrected chi connectivity index (χ1v) is 11.3. The first kappa shape index (κ1) is 23.7. The molecular formula is C23H21ClN4O5S. The molecule has 0 unspecified atom stereocenters. The van der Waals surface area contributed by atoms with E-state index in [1.54, 1.807) is 42.5 Å². The number of aliphatic hydroxyl groups excluding tert-OH is 1. The zero-order valence-electron chi connectivity index (χ0n) is 17.9. The molecule has 1 aliphatic heterocycles. The van der Waals surface area contributed by atoms with Crippen molar-refractivity contribution in [3.8, 4) is 11.3 Å². The number of nitro benzene ring substituents is 1. The van der Waals surface area contributed by atoms with Gasteiger partial charge < -0.3 is 19.7 Å². The molecule has 0 atom stereocenters. The van der Waals surface area contributed by atoms with Crippen molar-refractivity contribution in [2.45, 2.75) is 19.4 Å². The number of nitrogens with one attached hydrogen (secondary N) is 2. The number of hydrogen-bond acceptors (Lipinski definition) is 7. The Morgan fingerprint density at radius 2 is 1.94 bits per heavy atom. The number of rotatable bonds is 6. The highest BCUT2D eigenvalue weighted by Crippen LogP contribution is 2.33. The molecule has 1 saturated heterocycles. The monoisotopic (exact) mass is 500 g/mol. The molecule has 176 valence electrons. The lowest BCUT2D eigenvalue weighted by Crippen LogP contribution is -2.34. The van der Waals surface area contributed by atoms with Gasteiger partial charge in [0, 0.05) is 36.0 Å². The summed E-state index contributed by atoms with van der Waals surface area (Å²) in [7, 11) is 0. The molecule has 4 rings (SSSR count). The molecule has 1 fully saturated rings. The Kier molecular flexibility index (Phi) is 7.11. The molecule has 0 spiro atoms. The van der Waals surface area contributed by atoms with Gasteiger partial charge >= 0.3 is 0 Å². The molecule has 2 aromatic carbocycles. The van der Waals surface area contributed by atoms with Crippen LogP contribution in [0.1, 0.15) is 29.0 Å². The SMILES string of the molecule is O=C(NC(=S)Nc1ccc(-c2ccc(CO)o2)c(Cl)c1)c1ccc(N2CCCC2)c([N+](=O)[O-])c1. The zero-order valence-corrected chi connectivity index (χ0v) is 19.5. The van der Waals surface area contributed by atoms with E-state index in [0.717, 1.165) is 25.9 Å². The van der Waals surface area contributed by atoms with Gasteiger partial charge in [0.2, 0.25) is 0 Å². The lowest BCUT2D eigenvalue weighted by Gasteiger charge is -2.18. The number of carbonyl (C=O) groups excluding carboxylic acids is 1. The smallest absolute Gasteiger partial charge is 0.293 e. The summed E-state index contributed by atoms with van der Waals surface area (Å²) in [5, 5.41) is 26.5. The first-order valence-electron chi connectivity index (χ1n) is 10.5. The van der Waals surface area contributed by atoms with Crippen LogP contribution in [0.2, 0.25) is 5.02 Å². The number of anilines is 2. The summed E-state index contributed by atoms with van der Waals surface area (Å²) in [6.45, 7) is 1.30. The van der Waals surface area contributed by atoms with Crippen LogP contribution >= 0.6 is 23.8 Å². The second-order valence-corrected chi connectivity index (χ2v) is 8.50. The van der Waals surface area contributed by atoms with Gasteiger partial charge in [-0.25, -0.2) is 0 Å². The van der Waals surface area contributed by atoms with Crippen LogP contribution in [0.5, 0.6) is 0 Å². The van der Waals surface area contributed by atoms with Gasteiger partial charge in [-0.05, 0) is 67.5 Å². The van der Waals surface area contributed by atoms with Crippen LogP contribution in [0.4, 0.5) is 17.1 Å². The molecule has 0 radical (unpaired) electrons. The molecule has 2 heterocycles. The van der Waals surface area contributed by atoms with E-state index in [1.807, 2.05) is 4.90 Å². The van der Waals surface area contributed by atoms with Gasteiger partial charge in [-0.3, -0.25) is 20.2 Å². The number of furan rings is 1. The standard InChI is InChI=1S/C23H21ClN4O5S/c24-18-12-15(4-6-17(18)21-8-5-16(13-29)33-21)25-23(34)26-22(30)14-3-7-19(20(11-14)28(31)32)27-9-1-2-10-27/h3-8,11-12,29H,1-2,9-10,13H2,(H2,25,26,30,34). The third kappa shape index (κ3) is 5.19. The lowest BCUT2D eigenvalue weighted by atomic mass is 10.1. The summed E-state index contributed by atoms with van der Waals surface area (Å²) < 4.78 is 5.50. The number of benzene rings is 2. The molecule has 1 aromatic heterocycles. The highest BCUT2D eigenvalue weighted by atomic mass is 35.5. The first-order chi connectivity index (χ1) is 16.4. The number of halogens is 1. The van der Waals surface area contributed by atoms with Crippen molar-refractivity contribution in [2.24, 2.45) is 0 Å². The minimum atomic E-state index is -0.566. The van der Waals surface area contributed by atoms with E-state index in [4.69, 9.17) is 33.3 Å². The van der Waals surface area contributed by atoms with Gasteiger partial charge in [0.25, 0.3) is 11.6 Å². The molecule has 3 N–H and O–H groups in total. The van der Waals surface area contributed by atoms with E-state index in [9.17, 15) is 14.9 Å². The van der Waals surface area contributed by atoms with Gasteiger partial charge in [-0.2, -0.15) is 0 Å². The normalized spacial score (nSPS) is 13.1. The van der Waals surface area contributed by atoms with Gasteiger partial charge in [0.05, 0.1) is 9.95 Å². The molecule has 0 saturated carbocycles. The Labute approximate surface area is 205 Å². The van der Waals surface area contributed by atoms with E-state index < -0.39 is 10.8 Å². The van der Waals surface area contributed by atoms with E-state index in [-0.39, 0.29) is 23.0 Å². The number of nitro groups is 1. The maximum absolute atomic E-state index is 12.7. The van der Waals surface area contributed by atoms with Gasteiger partial charge in [-0.15, -0.1) is 0 Å². The fraction of sp³-hybridized carbons (Fsp3) is 0.217. The van der Waals surface area contributed by atoms with Crippen LogP contribution in [-0.2, 0) is 6.61 Å².